The Morgan fingerprint density at radius 1 is 0.255 bits per heavy atom. The summed E-state index contributed by atoms with van der Waals surface area (Å²) in [6.07, 6.45) is 0. The van der Waals surface area contributed by atoms with Crippen molar-refractivity contribution in [3.8, 4) is 33.4 Å². The molecule has 0 aliphatic heterocycles. The third-order valence-electron chi connectivity index (χ3n) is 12.0. The van der Waals surface area contributed by atoms with E-state index in [4.69, 9.17) is 0 Å². The predicted molar refractivity (Wildman–Crippen MR) is 209 cm³/mol. The zero-order valence-electron chi connectivity index (χ0n) is 28.1. The summed E-state index contributed by atoms with van der Waals surface area (Å²) >= 11 is 0. The van der Waals surface area contributed by atoms with E-state index < -0.39 is 5.41 Å². The Balaban J connectivity index is 1.09. The molecule has 0 atom stereocenters. The van der Waals surface area contributed by atoms with Crippen LogP contribution in [0.1, 0.15) is 67.5 Å². The number of hydrogen-bond donors (Lipinski definition) is 0. The van der Waals surface area contributed by atoms with Gasteiger partial charge in [-0.3, -0.25) is 0 Å². The van der Waals surface area contributed by atoms with E-state index in [0.29, 0.717) is 0 Å². The molecule has 0 heteroatoms. The van der Waals surface area contributed by atoms with Gasteiger partial charge in [-0.05, 0) is 89.0 Å². The van der Waals surface area contributed by atoms with E-state index in [9.17, 15) is 0 Å². The van der Waals surface area contributed by atoms with Gasteiger partial charge in [0.05, 0.1) is 5.41 Å². The van der Waals surface area contributed by atoms with Crippen LogP contribution in [0.3, 0.4) is 0 Å². The van der Waals surface area contributed by atoms with E-state index >= 15 is 0 Å². The lowest BCUT2D eigenvalue weighted by atomic mass is 9.67. The SMILES string of the molecule is c1ccc2c(c1)-c1ccccc1C2c1ccc(C2(c3ccc(C4c5ccccc5-c5ccccc54)cc3)c3ccccc3-c3ccccc32)cc1. The highest BCUT2D eigenvalue weighted by Crippen LogP contribution is 2.57. The highest BCUT2D eigenvalue weighted by molar-refractivity contribution is 5.87. The lowest BCUT2D eigenvalue weighted by molar-refractivity contribution is 0.765. The van der Waals surface area contributed by atoms with Crippen molar-refractivity contribution >= 4 is 0 Å². The van der Waals surface area contributed by atoms with Crippen LogP contribution < -0.4 is 0 Å². The summed E-state index contributed by atoms with van der Waals surface area (Å²) in [5.74, 6) is 0.448. The van der Waals surface area contributed by atoms with Gasteiger partial charge < -0.3 is 0 Å². The molecule has 51 heavy (non-hydrogen) atoms. The van der Waals surface area contributed by atoms with Gasteiger partial charge in [0.25, 0.3) is 0 Å². The topological polar surface area (TPSA) is 0 Å². The molecule has 0 amide bonds. The van der Waals surface area contributed by atoms with Crippen LogP contribution in [0, 0.1) is 0 Å². The molecule has 0 spiro atoms. The van der Waals surface area contributed by atoms with Gasteiger partial charge in [0.15, 0.2) is 0 Å². The Morgan fingerprint density at radius 3 is 0.863 bits per heavy atom. The predicted octanol–water partition coefficient (Wildman–Crippen LogP) is 12.4. The lowest BCUT2D eigenvalue weighted by Crippen LogP contribution is -2.28. The Labute approximate surface area is 299 Å². The summed E-state index contributed by atoms with van der Waals surface area (Å²) in [5.41, 5.74) is 21.1. The van der Waals surface area contributed by atoms with Crippen LogP contribution in [0.15, 0.2) is 194 Å². The van der Waals surface area contributed by atoms with Crippen LogP contribution in [-0.2, 0) is 5.41 Å². The average Bonchev–Trinajstić information content (AvgIpc) is 3.83. The third-order valence-corrected chi connectivity index (χ3v) is 12.0. The van der Waals surface area contributed by atoms with E-state index in [1.165, 1.54) is 89.0 Å². The second-order valence-corrected chi connectivity index (χ2v) is 14.3. The quantitative estimate of drug-likeness (QED) is 0.178. The Morgan fingerprint density at radius 2 is 0.529 bits per heavy atom. The second-order valence-electron chi connectivity index (χ2n) is 14.3. The molecule has 0 saturated carbocycles. The fourth-order valence-electron chi connectivity index (χ4n) is 9.90. The Kier molecular flexibility index (Phi) is 6.10. The van der Waals surface area contributed by atoms with Gasteiger partial charge in [-0.2, -0.15) is 0 Å². The van der Waals surface area contributed by atoms with Crippen molar-refractivity contribution in [2.45, 2.75) is 17.3 Å². The molecule has 8 aromatic carbocycles. The molecular weight excluding hydrogens is 613 g/mol. The standard InChI is InChI=1S/C51H34/c1-5-19-43-37(13-1)38-14-2-6-20-44(38)49(43)33-25-29-35(30-26-33)51(47-23-11-9-17-41(47)42-18-10-12-24-48(42)51)36-31-27-34(28-32-36)50-45-21-7-3-15-39(45)40-16-4-8-22-46(40)50/h1-32,49-50H. The van der Waals surface area contributed by atoms with Crippen LogP contribution >= 0.6 is 0 Å². The number of hydrogen-bond acceptors (Lipinski definition) is 0. The van der Waals surface area contributed by atoms with E-state index in [-0.39, 0.29) is 11.8 Å². The normalized spacial score (nSPS) is 14.7. The average molecular weight is 647 g/mol. The van der Waals surface area contributed by atoms with Gasteiger partial charge in [0.1, 0.15) is 0 Å². The molecule has 3 aliphatic carbocycles. The molecule has 8 aromatic rings. The van der Waals surface area contributed by atoms with Gasteiger partial charge in [0.2, 0.25) is 0 Å². The fraction of sp³-hybridized carbons (Fsp3) is 0.0588. The van der Waals surface area contributed by atoms with Crippen molar-refractivity contribution in [2.24, 2.45) is 0 Å². The van der Waals surface area contributed by atoms with Crippen LogP contribution in [-0.4, -0.2) is 0 Å². The van der Waals surface area contributed by atoms with E-state index in [0.717, 1.165) is 0 Å². The fourth-order valence-corrected chi connectivity index (χ4v) is 9.90. The lowest BCUT2D eigenvalue weighted by Gasteiger charge is -2.34. The molecular formula is C51H34. The molecule has 11 rings (SSSR count). The maximum absolute atomic E-state index is 2.41. The molecule has 0 radical (unpaired) electrons. The zero-order valence-corrected chi connectivity index (χ0v) is 28.1. The van der Waals surface area contributed by atoms with Crippen LogP contribution in [0.5, 0.6) is 0 Å². The first-order valence-electron chi connectivity index (χ1n) is 18.1. The van der Waals surface area contributed by atoms with Crippen LogP contribution in [0.4, 0.5) is 0 Å². The molecule has 0 N–H and O–H groups in total. The van der Waals surface area contributed by atoms with Gasteiger partial charge in [-0.1, -0.05) is 194 Å². The third kappa shape index (κ3) is 3.91. The Hall–Kier alpha value is -6.24. The van der Waals surface area contributed by atoms with E-state index in [1.54, 1.807) is 0 Å². The first kappa shape index (κ1) is 28.6. The summed E-state index contributed by atoms with van der Waals surface area (Å²) in [6, 6.07) is 73.0. The number of rotatable bonds is 4. The minimum Gasteiger partial charge on any atom is -0.0619 e. The summed E-state index contributed by atoms with van der Waals surface area (Å²) in [4.78, 5) is 0. The van der Waals surface area contributed by atoms with E-state index in [1.807, 2.05) is 0 Å². The van der Waals surface area contributed by atoms with Gasteiger partial charge in [0, 0.05) is 11.8 Å². The number of benzene rings is 8. The van der Waals surface area contributed by atoms with Crippen molar-refractivity contribution in [3.63, 3.8) is 0 Å². The van der Waals surface area contributed by atoms with Crippen molar-refractivity contribution in [3.05, 3.63) is 250 Å². The minimum atomic E-state index is -0.443. The summed E-state index contributed by atoms with van der Waals surface area (Å²) in [7, 11) is 0. The van der Waals surface area contributed by atoms with Crippen LogP contribution in [0.25, 0.3) is 33.4 Å². The monoisotopic (exact) mass is 646 g/mol. The van der Waals surface area contributed by atoms with Crippen molar-refractivity contribution in [2.75, 3.05) is 0 Å². The van der Waals surface area contributed by atoms with Crippen molar-refractivity contribution in [1.29, 1.82) is 0 Å². The molecule has 0 aromatic heterocycles. The molecule has 0 nitrogen and oxygen atoms in total. The second kappa shape index (κ2) is 10.9. The highest BCUT2D eigenvalue weighted by Gasteiger charge is 2.46. The van der Waals surface area contributed by atoms with Gasteiger partial charge >= 0.3 is 0 Å². The maximum atomic E-state index is 2.41. The molecule has 0 fully saturated rings. The molecule has 3 aliphatic rings. The van der Waals surface area contributed by atoms with Crippen molar-refractivity contribution < 1.29 is 0 Å². The molecule has 0 bridgehead atoms. The largest absolute Gasteiger partial charge is 0.0713 e. The summed E-state index contributed by atoms with van der Waals surface area (Å²) < 4.78 is 0. The van der Waals surface area contributed by atoms with Crippen LogP contribution in [0.2, 0.25) is 0 Å². The molecule has 0 saturated heterocycles. The van der Waals surface area contributed by atoms with Crippen molar-refractivity contribution in [1.82, 2.24) is 0 Å². The number of fused-ring (bicyclic) bond motifs is 9. The van der Waals surface area contributed by atoms with Gasteiger partial charge in [-0.25, -0.2) is 0 Å². The van der Waals surface area contributed by atoms with Gasteiger partial charge in [-0.15, -0.1) is 0 Å². The minimum absolute atomic E-state index is 0.224. The summed E-state index contributed by atoms with van der Waals surface area (Å²) in [6.45, 7) is 0. The smallest absolute Gasteiger partial charge is 0.0619 e. The first-order valence-corrected chi connectivity index (χ1v) is 18.1. The molecule has 0 heterocycles. The Bertz CT molecular complexity index is 2360. The molecule has 0 unspecified atom stereocenters. The highest BCUT2D eigenvalue weighted by atomic mass is 14.5. The zero-order chi connectivity index (χ0) is 33.5. The summed E-state index contributed by atoms with van der Waals surface area (Å²) in [5, 5.41) is 0. The molecule has 238 valence electrons. The van der Waals surface area contributed by atoms with E-state index in [2.05, 4.69) is 194 Å². The maximum Gasteiger partial charge on any atom is 0.0713 e. The first-order chi connectivity index (χ1) is 25.3.